The van der Waals surface area contributed by atoms with Crippen LogP contribution >= 0.6 is 8.96 Å². The van der Waals surface area contributed by atoms with E-state index in [1.54, 1.807) is 14.2 Å². The minimum atomic E-state index is -1.05. The second kappa shape index (κ2) is 16.4. The Morgan fingerprint density at radius 2 is 1.35 bits per heavy atom. The molecule has 0 saturated carbocycles. The van der Waals surface area contributed by atoms with Crippen LogP contribution in [0.4, 0.5) is 0 Å². The Hall–Kier alpha value is -3.84. The number of hydrogen-bond donors (Lipinski definition) is 0. The monoisotopic (exact) mass is 725 g/mol. The highest BCUT2D eigenvalue weighted by Gasteiger charge is 2.64. The van der Waals surface area contributed by atoms with Crippen LogP contribution in [-0.2, 0) is 29.2 Å². The minimum absolute atomic E-state index is 0.0749. The number of ether oxygens (including phenoxy) is 5. The molecule has 9 nitrogen and oxygen atoms in total. The summed E-state index contributed by atoms with van der Waals surface area (Å²) in [5, 5.41) is 9.29. The van der Waals surface area contributed by atoms with Crippen molar-refractivity contribution in [3.8, 4) is 17.6 Å². The topological polar surface area (TPSA) is 88.4 Å². The average Bonchev–Trinajstić information content (AvgIpc) is 3.69. The SMILES string of the molecule is COc1ccc(C(OC[C@@]23CO[C@H]([C@H](c4ccccc4)O2)[C@@H]3OP[N+](OCCC#N)(C(C)C)C(C)C)(c2ccccc2)c2ccc(OC)cc2)cc1. The van der Waals surface area contributed by atoms with Crippen molar-refractivity contribution in [1.82, 2.24) is 0 Å². The summed E-state index contributed by atoms with van der Waals surface area (Å²) in [5.74, 6) is 1.50. The lowest BCUT2D eigenvalue weighted by molar-refractivity contribution is -1.04. The molecule has 2 saturated heterocycles. The first kappa shape index (κ1) is 37.9. The fraction of sp³-hybridized carbons (Fsp3) is 0.405. The lowest BCUT2D eigenvalue weighted by atomic mass is 9.79. The molecule has 0 radical (unpaired) electrons. The first-order chi connectivity index (χ1) is 25.2. The molecule has 0 N–H and O–H groups in total. The summed E-state index contributed by atoms with van der Waals surface area (Å²) in [5.41, 5.74) is 1.82. The molecule has 5 atom stereocenters. The van der Waals surface area contributed by atoms with Crippen LogP contribution in [0, 0.1) is 11.3 Å². The zero-order valence-electron chi connectivity index (χ0n) is 30.9. The van der Waals surface area contributed by atoms with E-state index >= 15 is 0 Å². The molecule has 10 heteroatoms. The van der Waals surface area contributed by atoms with Gasteiger partial charge in [-0.1, -0.05) is 84.9 Å². The van der Waals surface area contributed by atoms with Crippen molar-refractivity contribution in [2.24, 2.45) is 0 Å². The second-order valence-electron chi connectivity index (χ2n) is 13.9. The number of rotatable bonds is 17. The van der Waals surface area contributed by atoms with Gasteiger partial charge < -0.3 is 28.2 Å². The molecular weight excluding hydrogens is 675 g/mol. The molecule has 2 heterocycles. The van der Waals surface area contributed by atoms with Gasteiger partial charge in [-0.2, -0.15) is 10.1 Å². The third-order valence-corrected chi connectivity index (χ3v) is 12.0. The summed E-state index contributed by atoms with van der Waals surface area (Å²) < 4.78 is 39.5. The Balaban J connectivity index is 1.43. The summed E-state index contributed by atoms with van der Waals surface area (Å²) in [7, 11) is 3.24. The normalized spacial score (nSPS) is 21.6. The largest absolute Gasteiger partial charge is 0.497 e. The van der Waals surface area contributed by atoms with Crippen LogP contribution in [0.5, 0.6) is 11.5 Å². The lowest BCUT2D eigenvalue weighted by Crippen LogP contribution is -2.53. The molecule has 2 fully saturated rings. The molecule has 2 bridgehead atoms. The van der Waals surface area contributed by atoms with Crippen molar-refractivity contribution in [2.75, 3.05) is 34.0 Å². The van der Waals surface area contributed by atoms with Gasteiger partial charge in [-0.15, -0.1) is 4.42 Å². The van der Waals surface area contributed by atoms with Crippen LogP contribution < -0.4 is 9.47 Å². The van der Waals surface area contributed by atoms with E-state index in [9.17, 15) is 5.26 Å². The van der Waals surface area contributed by atoms with E-state index in [1.165, 1.54) is 0 Å². The number of hydroxylamine groups is 2. The molecule has 0 aliphatic carbocycles. The summed E-state index contributed by atoms with van der Waals surface area (Å²) >= 11 is 0. The Morgan fingerprint density at radius 3 is 1.87 bits per heavy atom. The zero-order chi connectivity index (χ0) is 36.8. The van der Waals surface area contributed by atoms with Gasteiger partial charge in [-0.25, -0.2) is 0 Å². The maximum Gasteiger partial charge on any atom is 0.273 e. The number of fused-ring (bicyclic) bond motifs is 2. The number of nitrogens with zero attached hydrogens (tertiary/aromatic N) is 2. The molecule has 0 amide bonds. The van der Waals surface area contributed by atoms with E-state index in [0.717, 1.165) is 33.8 Å². The molecule has 4 aromatic rings. The molecule has 2 aliphatic heterocycles. The summed E-state index contributed by atoms with van der Waals surface area (Å²) in [6, 6.07) is 38.8. The first-order valence-electron chi connectivity index (χ1n) is 17.9. The van der Waals surface area contributed by atoms with Crippen molar-refractivity contribution in [1.29, 1.82) is 5.26 Å². The number of hydrogen-bond acceptors (Lipinski definition) is 8. The van der Waals surface area contributed by atoms with Gasteiger partial charge in [0.15, 0.2) is 0 Å². The van der Waals surface area contributed by atoms with Gasteiger partial charge in [0.1, 0.15) is 59.7 Å². The van der Waals surface area contributed by atoms with Crippen molar-refractivity contribution in [3.05, 3.63) is 131 Å². The van der Waals surface area contributed by atoms with Crippen molar-refractivity contribution in [2.45, 2.75) is 75.7 Å². The molecule has 0 aromatic heterocycles. The third-order valence-electron chi connectivity index (χ3n) is 10.2. The average molecular weight is 726 g/mol. The Morgan fingerprint density at radius 1 is 0.808 bits per heavy atom. The fourth-order valence-electron chi connectivity index (χ4n) is 7.42. The van der Waals surface area contributed by atoms with Gasteiger partial charge >= 0.3 is 0 Å². The van der Waals surface area contributed by atoms with E-state index in [4.69, 9.17) is 33.0 Å². The van der Waals surface area contributed by atoms with Gasteiger partial charge in [0.2, 0.25) is 0 Å². The standard InChI is InChI=1S/C42H50N2O7P/c1-30(2)44(31(3)4,49-27-13-26-43)52-51-40-39-38(32-14-9-7-10-15-32)50-41(40,28-47-39)29-48-42(33-16-11-8-12-17-33,34-18-22-36(45-5)23-19-34)35-20-24-37(46-6)25-21-35/h7-12,14-25,30-31,38-40,52H,13,27-29H2,1-6H3/q+1/t38-,39+,40-,41+/m0/s1. The summed E-state index contributed by atoms with van der Waals surface area (Å²) in [4.78, 5) is 6.48. The van der Waals surface area contributed by atoms with E-state index < -0.39 is 17.3 Å². The van der Waals surface area contributed by atoms with E-state index in [2.05, 4.69) is 82.3 Å². The maximum absolute atomic E-state index is 9.29. The summed E-state index contributed by atoms with van der Waals surface area (Å²) in [6.07, 6.45) is -0.896. The second-order valence-corrected chi connectivity index (χ2v) is 15.0. The van der Waals surface area contributed by atoms with Crippen molar-refractivity contribution >= 4 is 8.96 Å². The van der Waals surface area contributed by atoms with Crippen LogP contribution in [-0.4, -0.2) is 68.3 Å². The zero-order valence-corrected chi connectivity index (χ0v) is 31.9. The molecule has 6 rings (SSSR count). The van der Waals surface area contributed by atoms with E-state index in [0.29, 0.717) is 19.6 Å². The Kier molecular flexibility index (Phi) is 12.0. The molecule has 2 aliphatic rings. The van der Waals surface area contributed by atoms with Gasteiger partial charge in [0.25, 0.3) is 8.96 Å². The van der Waals surface area contributed by atoms with Gasteiger partial charge in [0.05, 0.1) is 39.9 Å². The minimum Gasteiger partial charge on any atom is -0.497 e. The van der Waals surface area contributed by atoms with Crippen LogP contribution in [0.15, 0.2) is 109 Å². The van der Waals surface area contributed by atoms with Gasteiger partial charge in [-0.3, -0.25) is 0 Å². The van der Waals surface area contributed by atoms with Crippen molar-refractivity contribution < 1.29 is 37.5 Å². The Labute approximate surface area is 309 Å². The van der Waals surface area contributed by atoms with E-state index in [1.807, 2.05) is 60.7 Å². The highest BCUT2D eigenvalue weighted by molar-refractivity contribution is 7.25. The molecule has 0 spiro atoms. The van der Waals surface area contributed by atoms with Crippen LogP contribution in [0.1, 0.15) is 62.5 Å². The smallest absolute Gasteiger partial charge is 0.273 e. The molecule has 274 valence electrons. The molecular formula is C42H50N2O7P+. The predicted octanol–water partition coefficient (Wildman–Crippen LogP) is 8.29. The third kappa shape index (κ3) is 7.22. The first-order valence-corrected chi connectivity index (χ1v) is 18.7. The highest BCUT2D eigenvalue weighted by Crippen LogP contribution is 2.54. The number of benzene rings is 4. The number of methoxy groups -OCH3 is 2. The van der Waals surface area contributed by atoms with Crippen molar-refractivity contribution in [3.63, 3.8) is 0 Å². The predicted molar refractivity (Wildman–Crippen MR) is 201 cm³/mol. The lowest BCUT2D eigenvalue weighted by Gasteiger charge is -2.42. The molecule has 4 aromatic carbocycles. The number of nitriles is 1. The number of quaternary nitrogens is 1. The van der Waals surface area contributed by atoms with Crippen LogP contribution in [0.25, 0.3) is 0 Å². The van der Waals surface area contributed by atoms with E-state index in [-0.39, 0.29) is 44.3 Å². The highest BCUT2D eigenvalue weighted by atomic mass is 31.1. The maximum atomic E-state index is 9.29. The summed E-state index contributed by atoms with van der Waals surface area (Å²) in [6.45, 7) is 9.28. The quantitative estimate of drug-likeness (QED) is 0.0465. The van der Waals surface area contributed by atoms with Gasteiger partial charge in [0, 0.05) is 0 Å². The molecule has 52 heavy (non-hydrogen) atoms. The fourth-order valence-corrected chi connectivity index (χ4v) is 8.62. The van der Waals surface area contributed by atoms with Gasteiger partial charge in [-0.05, 0) is 74.2 Å². The molecule has 1 unspecified atom stereocenters. The van der Waals surface area contributed by atoms with Crippen LogP contribution in [0.3, 0.4) is 0 Å². The van der Waals surface area contributed by atoms with Crippen LogP contribution in [0.2, 0.25) is 0 Å². The Bertz CT molecular complexity index is 1710.